The van der Waals surface area contributed by atoms with Gasteiger partial charge in [0.2, 0.25) is 10.7 Å². The van der Waals surface area contributed by atoms with Crippen molar-refractivity contribution in [1.82, 2.24) is 0 Å². The third-order valence-corrected chi connectivity index (χ3v) is 6.58. The molecule has 5 heteroatoms. The van der Waals surface area contributed by atoms with E-state index in [-0.39, 0.29) is 0 Å². The van der Waals surface area contributed by atoms with E-state index < -0.39 is 5.72 Å². The van der Waals surface area contributed by atoms with E-state index in [1.54, 1.807) is 11.8 Å². The highest BCUT2D eigenvalue weighted by Gasteiger charge is 2.50. The average molecular weight is 466 g/mol. The van der Waals surface area contributed by atoms with Gasteiger partial charge in [-0.15, -0.1) is 0 Å². The highest BCUT2D eigenvalue weighted by atomic mass is 79.9. The van der Waals surface area contributed by atoms with Crippen LogP contribution in [0.15, 0.2) is 102 Å². The zero-order chi connectivity index (χ0) is 20.3. The molecule has 0 radical (unpaired) electrons. The number of para-hydroxylation sites is 1. The van der Waals surface area contributed by atoms with E-state index in [1.165, 1.54) is 0 Å². The van der Waals surface area contributed by atoms with E-state index in [9.17, 15) is 5.11 Å². The van der Waals surface area contributed by atoms with Crippen LogP contribution < -0.4 is 5.32 Å². The largest absolute Gasteiger partial charge is 0.359 e. The van der Waals surface area contributed by atoms with Crippen LogP contribution in [-0.4, -0.2) is 20.5 Å². The quantitative estimate of drug-likeness (QED) is 0.431. The van der Waals surface area contributed by atoms with Gasteiger partial charge in [0.05, 0.1) is 12.0 Å². The Morgan fingerprint density at radius 3 is 2.28 bits per heavy atom. The lowest BCUT2D eigenvalue weighted by Crippen LogP contribution is -2.37. The minimum Gasteiger partial charge on any atom is -0.359 e. The SMILES string of the molecule is C=C(CC1=[N+](c2ccccc2)[C@](O)(c2ccccc2)CS1)Nc1ccc(Br)cc1. The summed E-state index contributed by atoms with van der Waals surface area (Å²) in [6.45, 7) is 4.22. The molecule has 3 nitrogen and oxygen atoms in total. The summed E-state index contributed by atoms with van der Waals surface area (Å²) in [4.78, 5) is 0. The highest BCUT2D eigenvalue weighted by molar-refractivity contribution is 9.10. The van der Waals surface area contributed by atoms with Crippen molar-refractivity contribution in [3.05, 3.63) is 107 Å². The predicted molar refractivity (Wildman–Crippen MR) is 126 cm³/mol. The Balaban J connectivity index is 1.67. The number of benzene rings is 3. The lowest BCUT2D eigenvalue weighted by atomic mass is 10.0. The molecule has 0 unspecified atom stereocenters. The maximum absolute atomic E-state index is 11.7. The molecule has 0 saturated carbocycles. The first-order valence-corrected chi connectivity index (χ1v) is 11.2. The number of nitrogens with one attached hydrogen (secondary N) is 1. The Labute approximate surface area is 183 Å². The summed E-state index contributed by atoms with van der Waals surface area (Å²) in [6, 6.07) is 27.9. The molecule has 0 aromatic heterocycles. The Hall–Kier alpha value is -2.34. The van der Waals surface area contributed by atoms with E-state index >= 15 is 0 Å². The zero-order valence-corrected chi connectivity index (χ0v) is 18.3. The van der Waals surface area contributed by atoms with Gasteiger partial charge < -0.3 is 10.4 Å². The van der Waals surface area contributed by atoms with Crippen molar-refractivity contribution in [2.45, 2.75) is 12.1 Å². The van der Waals surface area contributed by atoms with E-state index in [1.807, 2.05) is 89.5 Å². The van der Waals surface area contributed by atoms with Gasteiger partial charge in [0.15, 0.2) is 0 Å². The molecule has 146 valence electrons. The number of hydrogen-bond donors (Lipinski definition) is 2. The second kappa shape index (κ2) is 8.57. The Morgan fingerprint density at radius 1 is 1.00 bits per heavy atom. The Bertz CT molecular complexity index is 1040. The summed E-state index contributed by atoms with van der Waals surface area (Å²) in [5.74, 6) is 0.562. The number of nitrogens with zero attached hydrogens (tertiary/aromatic N) is 1. The molecular formula is C24H22BrN2OS+. The van der Waals surface area contributed by atoms with Crippen LogP contribution in [0.1, 0.15) is 12.0 Å². The van der Waals surface area contributed by atoms with Crippen molar-refractivity contribution < 1.29 is 9.68 Å². The maximum Gasteiger partial charge on any atom is 0.307 e. The third kappa shape index (κ3) is 4.32. The van der Waals surface area contributed by atoms with Crippen molar-refractivity contribution in [2.24, 2.45) is 0 Å². The molecule has 1 heterocycles. The molecular weight excluding hydrogens is 444 g/mol. The summed E-state index contributed by atoms with van der Waals surface area (Å²) < 4.78 is 3.08. The van der Waals surface area contributed by atoms with Crippen LogP contribution in [0.4, 0.5) is 11.4 Å². The molecule has 1 aliphatic heterocycles. The number of hydrogen-bond acceptors (Lipinski definition) is 3. The molecule has 0 aliphatic carbocycles. The fourth-order valence-electron chi connectivity index (χ4n) is 3.47. The van der Waals surface area contributed by atoms with Crippen molar-refractivity contribution in [2.75, 3.05) is 11.1 Å². The van der Waals surface area contributed by atoms with Crippen LogP contribution in [0.3, 0.4) is 0 Å². The van der Waals surface area contributed by atoms with Gasteiger partial charge >= 0.3 is 5.72 Å². The Kier molecular flexibility index (Phi) is 5.90. The topological polar surface area (TPSA) is 35.3 Å². The fraction of sp³-hybridized carbons (Fsp3) is 0.125. The minimum atomic E-state index is -1.10. The van der Waals surface area contributed by atoms with Crippen LogP contribution in [0.2, 0.25) is 0 Å². The maximum atomic E-state index is 11.7. The van der Waals surface area contributed by atoms with Crippen molar-refractivity contribution in [3.8, 4) is 0 Å². The van der Waals surface area contributed by atoms with Crippen LogP contribution in [-0.2, 0) is 5.72 Å². The van der Waals surface area contributed by atoms with Gasteiger partial charge in [0, 0.05) is 28.0 Å². The van der Waals surface area contributed by atoms with Gasteiger partial charge in [-0.2, -0.15) is 4.58 Å². The van der Waals surface area contributed by atoms with E-state index in [0.29, 0.717) is 12.2 Å². The van der Waals surface area contributed by atoms with Crippen molar-refractivity contribution in [3.63, 3.8) is 0 Å². The number of thioether (sulfide) groups is 1. The fourth-order valence-corrected chi connectivity index (χ4v) is 5.06. The van der Waals surface area contributed by atoms with Crippen LogP contribution in [0, 0.1) is 0 Å². The van der Waals surface area contributed by atoms with Gasteiger partial charge in [-0.05, 0) is 36.4 Å². The average Bonchev–Trinajstić information content (AvgIpc) is 3.08. The lowest BCUT2D eigenvalue weighted by molar-refractivity contribution is -0.593. The van der Waals surface area contributed by atoms with Crippen LogP contribution in [0.5, 0.6) is 0 Å². The predicted octanol–water partition coefficient (Wildman–Crippen LogP) is 6.10. The summed E-state index contributed by atoms with van der Waals surface area (Å²) in [5.41, 5.74) is 2.63. The molecule has 0 fully saturated rings. The normalized spacial score (nSPS) is 18.7. The second-order valence-electron chi connectivity index (χ2n) is 6.95. The minimum absolute atomic E-state index is 0.562. The van der Waals surface area contributed by atoms with Gasteiger partial charge in [-0.3, -0.25) is 0 Å². The molecule has 1 aliphatic rings. The molecule has 4 rings (SSSR count). The second-order valence-corrected chi connectivity index (χ2v) is 8.91. The number of allylic oxidation sites excluding steroid dienone is 1. The molecule has 3 aromatic carbocycles. The first-order valence-electron chi connectivity index (χ1n) is 9.38. The van der Waals surface area contributed by atoms with Gasteiger partial charge in [0.1, 0.15) is 5.75 Å². The standard InChI is InChI=1S/C24H22BrN2OS/c1-18(26-21-14-12-20(25)13-15-21)16-23-27(22-10-6-3-7-11-22)24(28,17-29-23)19-8-4-2-5-9-19/h2-15,26,28H,1,16-17H2/q+1/t24-/m1/s1. The number of anilines is 1. The van der Waals surface area contributed by atoms with E-state index in [0.717, 1.165) is 32.2 Å². The molecule has 0 saturated heterocycles. The summed E-state index contributed by atoms with van der Waals surface area (Å²) in [7, 11) is 0. The smallest absolute Gasteiger partial charge is 0.307 e. The molecule has 0 bridgehead atoms. The van der Waals surface area contributed by atoms with Gasteiger partial charge in [-0.1, -0.05) is 70.7 Å². The molecule has 0 spiro atoms. The monoisotopic (exact) mass is 465 g/mol. The highest BCUT2D eigenvalue weighted by Crippen LogP contribution is 2.40. The molecule has 0 amide bonds. The summed E-state index contributed by atoms with van der Waals surface area (Å²) in [5, 5.41) is 16.2. The Morgan fingerprint density at radius 2 is 1.62 bits per heavy atom. The van der Waals surface area contributed by atoms with Gasteiger partial charge in [-0.25, -0.2) is 0 Å². The molecule has 3 aromatic rings. The lowest BCUT2D eigenvalue weighted by Gasteiger charge is -2.20. The van der Waals surface area contributed by atoms with Crippen LogP contribution >= 0.6 is 27.7 Å². The zero-order valence-electron chi connectivity index (χ0n) is 15.9. The molecule has 2 N–H and O–H groups in total. The van der Waals surface area contributed by atoms with Crippen LogP contribution in [0.25, 0.3) is 0 Å². The van der Waals surface area contributed by atoms with Crippen molar-refractivity contribution >= 4 is 44.1 Å². The number of aliphatic hydroxyl groups is 1. The van der Waals surface area contributed by atoms with Crippen molar-refractivity contribution in [1.29, 1.82) is 0 Å². The first-order chi connectivity index (χ1) is 14.1. The third-order valence-electron chi connectivity index (χ3n) is 4.84. The van der Waals surface area contributed by atoms with E-state index in [4.69, 9.17) is 0 Å². The number of rotatable bonds is 6. The molecule has 1 atom stereocenters. The first kappa shape index (κ1) is 20.0. The summed E-state index contributed by atoms with van der Waals surface area (Å²) in [6.07, 6.45) is 0.630. The molecule has 29 heavy (non-hydrogen) atoms. The number of halogens is 1. The summed E-state index contributed by atoms with van der Waals surface area (Å²) >= 11 is 5.13. The van der Waals surface area contributed by atoms with E-state index in [2.05, 4.69) is 27.8 Å². The van der Waals surface area contributed by atoms with Gasteiger partial charge in [0.25, 0.3) is 0 Å².